The van der Waals surface area contributed by atoms with E-state index in [0.29, 0.717) is 68.1 Å². The highest BCUT2D eigenvalue weighted by atomic mass is 19.1. The largest absolute Gasteiger partial charge is 0.376 e. The van der Waals surface area contributed by atoms with Crippen molar-refractivity contribution in [3.63, 3.8) is 0 Å². The van der Waals surface area contributed by atoms with E-state index in [2.05, 4.69) is 20.9 Å². The van der Waals surface area contributed by atoms with Crippen LogP contribution < -0.4 is 9.80 Å². The van der Waals surface area contributed by atoms with Crippen LogP contribution in [0.1, 0.15) is 49.1 Å². The number of ether oxygens (including phenoxy) is 1. The zero-order valence-electron chi connectivity index (χ0n) is 18.0. The van der Waals surface area contributed by atoms with Gasteiger partial charge >= 0.3 is 0 Å². The second kappa shape index (κ2) is 7.80. The molecule has 158 valence electrons. The minimum absolute atomic E-state index is 0.256. The van der Waals surface area contributed by atoms with Crippen LogP contribution in [0.5, 0.6) is 0 Å². The highest BCUT2D eigenvalue weighted by Crippen LogP contribution is 2.28. The summed E-state index contributed by atoms with van der Waals surface area (Å²) >= 11 is 0. The molecule has 2 aromatic heterocycles. The molecule has 8 heteroatoms. The van der Waals surface area contributed by atoms with Crippen LogP contribution in [0.15, 0.2) is 6.07 Å². The molecule has 4 rings (SSSR count). The van der Waals surface area contributed by atoms with Crippen molar-refractivity contribution in [3.05, 3.63) is 40.2 Å². The second-order valence-electron chi connectivity index (χ2n) is 8.87. The molecule has 0 unspecified atom stereocenters. The van der Waals surface area contributed by atoms with Crippen molar-refractivity contribution in [2.45, 2.75) is 46.1 Å². The maximum Gasteiger partial charge on any atom is 0.186 e. The van der Waals surface area contributed by atoms with Crippen molar-refractivity contribution in [3.8, 4) is 6.07 Å². The molecule has 30 heavy (non-hydrogen) atoms. The van der Waals surface area contributed by atoms with Gasteiger partial charge in [0.2, 0.25) is 0 Å². The first-order valence-electron chi connectivity index (χ1n) is 10.3. The van der Waals surface area contributed by atoms with Gasteiger partial charge in [0, 0.05) is 43.6 Å². The first-order chi connectivity index (χ1) is 14.3. The molecule has 0 aliphatic carbocycles. The van der Waals surface area contributed by atoms with Gasteiger partial charge in [-0.1, -0.05) is 20.8 Å². The molecule has 0 saturated carbocycles. The Labute approximate surface area is 176 Å². The summed E-state index contributed by atoms with van der Waals surface area (Å²) in [5.74, 6) is 1.36. The molecule has 0 radical (unpaired) electrons. The van der Waals surface area contributed by atoms with Gasteiger partial charge in [0.15, 0.2) is 11.6 Å². The summed E-state index contributed by atoms with van der Waals surface area (Å²) in [7, 11) is 0. The summed E-state index contributed by atoms with van der Waals surface area (Å²) < 4.78 is 20.3. The number of anilines is 2. The van der Waals surface area contributed by atoms with Crippen LogP contribution in [0.25, 0.3) is 0 Å². The Kier molecular flexibility index (Phi) is 5.33. The number of halogens is 1. The Balaban J connectivity index is 1.57. The Morgan fingerprint density at radius 2 is 1.73 bits per heavy atom. The number of hydrogen-bond acceptors (Lipinski definition) is 7. The van der Waals surface area contributed by atoms with Crippen LogP contribution in [0, 0.1) is 24.1 Å². The minimum atomic E-state index is -0.360. The smallest absolute Gasteiger partial charge is 0.186 e. The van der Waals surface area contributed by atoms with Crippen molar-refractivity contribution >= 4 is 11.6 Å². The Bertz CT molecular complexity index is 1000. The van der Waals surface area contributed by atoms with E-state index in [1.807, 2.05) is 31.7 Å². The fourth-order valence-electron chi connectivity index (χ4n) is 3.82. The average molecular weight is 410 g/mol. The summed E-state index contributed by atoms with van der Waals surface area (Å²) in [6, 6.07) is 4.17. The van der Waals surface area contributed by atoms with Gasteiger partial charge in [-0.05, 0) is 13.0 Å². The maximum atomic E-state index is 14.8. The van der Waals surface area contributed by atoms with Gasteiger partial charge < -0.3 is 14.5 Å². The number of pyridine rings is 1. The van der Waals surface area contributed by atoms with Gasteiger partial charge in [0.25, 0.3) is 0 Å². The predicted octanol–water partition coefficient (Wildman–Crippen LogP) is 2.89. The number of piperazine rings is 1. The summed E-state index contributed by atoms with van der Waals surface area (Å²) in [5, 5.41) is 9.62. The van der Waals surface area contributed by atoms with E-state index in [4.69, 9.17) is 9.72 Å². The lowest BCUT2D eigenvalue weighted by Crippen LogP contribution is -2.48. The lowest BCUT2D eigenvalue weighted by Gasteiger charge is -2.37. The molecule has 0 amide bonds. The SMILES string of the molecule is Cc1nc(C(C)(C)C)nc(N2CCN(c3nc4c(cc3C#N)COCC4)CC2)c1F. The molecule has 0 spiro atoms. The minimum Gasteiger partial charge on any atom is -0.376 e. The lowest BCUT2D eigenvalue weighted by atomic mass is 9.95. The van der Waals surface area contributed by atoms with E-state index >= 15 is 0 Å². The van der Waals surface area contributed by atoms with Crippen LogP contribution in [0.3, 0.4) is 0 Å². The lowest BCUT2D eigenvalue weighted by molar-refractivity contribution is 0.109. The van der Waals surface area contributed by atoms with Gasteiger partial charge in [-0.25, -0.2) is 19.3 Å². The molecule has 4 heterocycles. The molecule has 0 atom stereocenters. The fraction of sp³-hybridized carbons (Fsp3) is 0.545. The van der Waals surface area contributed by atoms with Gasteiger partial charge in [0.05, 0.1) is 30.2 Å². The summed E-state index contributed by atoms with van der Waals surface area (Å²) in [6.45, 7) is 11.4. The van der Waals surface area contributed by atoms with E-state index in [-0.39, 0.29) is 11.2 Å². The molecule has 0 N–H and O–H groups in total. The third-order valence-electron chi connectivity index (χ3n) is 5.58. The third-order valence-corrected chi connectivity index (χ3v) is 5.58. The standard InChI is InChI=1S/C22H27FN6O/c1-14-18(23)20(27-21(25-14)22(2,3)4)29-8-6-28(7-9-29)19-15(12-24)11-16-13-30-10-5-17(16)26-19/h11H,5-10,13H2,1-4H3. The van der Waals surface area contributed by atoms with Gasteiger partial charge in [-0.15, -0.1) is 0 Å². The van der Waals surface area contributed by atoms with Gasteiger partial charge in [0.1, 0.15) is 17.7 Å². The molecule has 2 aliphatic heterocycles. The summed E-state index contributed by atoms with van der Waals surface area (Å²) in [5.41, 5.74) is 2.68. The monoisotopic (exact) mass is 410 g/mol. The number of fused-ring (bicyclic) bond motifs is 1. The van der Waals surface area contributed by atoms with Crippen LogP contribution in [0.4, 0.5) is 16.0 Å². The van der Waals surface area contributed by atoms with E-state index in [9.17, 15) is 9.65 Å². The second-order valence-corrected chi connectivity index (χ2v) is 8.87. The van der Waals surface area contributed by atoms with E-state index in [1.54, 1.807) is 6.92 Å². The molecule has 0 aromatic carbocycles. The molecule has 1 fully saturated rings. The highest BCUT2D eigenvalue weighted by molar-refractivity contribution is 5.57. The van der Waals surface area contributed by atoms with E-state index < -0.39 is 0 Å². The van der Waals surface area contributed by atoms with Crippen LogP contribution in [0.2, 0.25) is 0 Å². The molecule has 0 bridgehead atoms. The quantitative estimate of drug-likeness (QED) is 0.753. The number of aryl methyl sites for hydroxylation is 1. The summed E-state index contributed by atoms with van der Waals surface area (Å²) in [4.78, 5) is 17.8. The van der Waals surface area contributed by atoms with Crippen molar-refractivity contribution < 1.29 is 9.13 Å². The number of nitrogens with zero attached hydrogens (tertiary/aromatic N) is 6. The van der Waals surface area contributed by atoms with Gasteiger partial charge in [-0.3, -0.25) is 0 Å². The first kappa shape index (κ1) is 20.5. The molecule has 7 nitrogen and oxygen atoms in total. The van der Waals surface area contributed by atoms with Crippen molar-refractivity contribution in [1.29, 1.82) is 5.26 Å². The highest BCUT2D eigenvalue weighted by Gasteiger charge is 2.28. The van der Waals surface area contributed by atoms with Crippen molar-refractivity contribution in [1.82, 2.24) is 15.0 Å². The zero-order chi connectivity index (χ0) is 21.5. The molecular weight excluding hydrogens is 383 g/mol. The maximum absolute atomic E-state index is 14.8. The van der Waals surface area contributed by atoms with Crippen LogP contribution in [-0.2, 0) is 23.2 Å². The summed E-state index contributed by atoms with van der Waals surface area (Å²) in [6.07, 6.45) is 0.759. The Morgan fingerprint density at radius 1 is 1.07 bits per heavy atom. The predicted molar refractivity (Wildman–Crippen MR) is 112 cm³/mol. The van der Waals surface area contributed by atoms with E-state index in [1.165, 1.54) is 0 Å². The topological polar surface area (TPSA) is 78.2 Å². The number of rotatable bonds is 2. The van der Waals surface area contributed by atoms with E-state index in [0.717, 1.165) is 17.7 Å². The van der Waals surface area contributed by atoms with Crippen LogP contribution >= 0.6 is 0 Å². The van der Waals surface area contributed by atoms with Crippen molar-refractivity contribution in [2.24, 2.45) is 0 Å². The first-order valence-corrected chi connectivity index (χ1v) is 10.3. The van der Waals surface area contributed by atoms with Crippen molar-refractivity contribution in [2.75, 3.05) is 42.6 Å². The number of aromatic nitrogens is 3. The number of nitriles is 1. The van der Waals surface area contributed by atoms with Gasteiger partial charge in [-0.2, -0.15) is 5.26 Å². The third kappa shape index (κ3) is 3.82. The molecule has 2 aliphatic rings. The molecule has 2 aromatic rings. The Morgan fingerprint density at radius 3 is 2.37 bits per heavy atom. The molecule has 1 saturated heterocycles. The zero-order valence-corrected chi connectivity index (χ0v) is 18.0. The fourth-order valence-corrected chi connectivity index (χ4v) is 3.82. The normalized spacial score (nSPS) is 16.9. The van der Waals surface area contributed by atoms with Crippen LogP contribution in [-0.4, -0.2) is 47.7 Å². The molecular formula is C22H27FN6O. The number of hydrogen-bond donors (Lipinski definition) is 0. The Hall–Kier alpha value is -2.79. The average Bonchev–Trinajstić information content (AvgIpc) is 2.74.